The molecule has 1 aromatic heterocycles. The molecule has 0 unspecified atom stereocenters. The maximum absolute atomic E-state index is 12.3. The number of hydrogen-bond acceptors (Lipinski definition) is 5. The Morgan fingerprint density at radius 3 is 2.59 bits per heavy atom. The van der Waals surface area contributed by atoms with Gasteiger partial charge in [0.25, 0.3) is 5.91 Å². The third kappa shape index (κ3) is 4.64. The summed E-state index contributed by atoms with van der Waals surface area (Å²) in [5.74, 6) is -0.762. The first-order chi connectivity index (χ1) is 12.9. The fraction of sp³-hybridized carbons (Fsp3) is 0.263. The number of thiazole rings is 1. The lowest BCUT2D eigenvalue weighted by Gasteiger charge is -2.05. The molecule has 0 spiro atoms. The highest BCUT2D eigenvalue weighted by atomic mass is 32.2. The van der Waals surface area contributed by atoms with Gasteiger partial charge in [-0.05, 0) is 24.6 Å². The van der Waals surface area contributed by atoms with Gasteiger partial charge in [0.05, 0.1) is 17.1 Å². The molecular weight excluding hydrogens is 384 g/mol. The van der Waals surface area contributed by atoms with Crippen LogP contribution >= 0.6 is 11.3 Å². The maximum atomic E-state index is 12.3. The molecule has 1 heterocycles. The Kier molecular flexibility index (Phi) is 5.76. The molecule has 0 saturated carbocycles. The van der Waals surface area contributed by atoms with Crippen LogP contribution in [0.5, 0.6) is 5.75 Å². The van der Waals surface area contributed by atoms with Crippen LogP contribution in [0.25, 0.3) is 10.2 Å². The summed E-state index contributed by atoms with van der Waals surface area (Å²) in [7, 11) is -1.80. The van der Waals surface area contributed by atoms with Crippen molar-refractivity contribution in [3.8, 4) is 5.75 Å². The van der Waals surface area contributed by atoms with Crippen LogP contribution in [0.15, 0.2) is 53.5 Å². The first-order valence-corrected chi connectivity index (χ1v) is 11.1. The lowest BCUT2D eigenvalue weighted by molar-refractivity contribution is -0.115. The van der Waals surface area contributed by atoms with Gasteiger partial charge in [0.2, 0.25) is 0 Å². The molecule has 8 heteroatoms. The zero-order valence-corrected chi connectivity index (χ0v) is 16.7. The number of amides is 1. The highest BCUT2D eigenvalue weighted by Crippen LogP contribution is 2.26. The minimum atomic E-state index is -3.59. The van der Waals surface area contributed by atoms with E-state index in [9.17, 15) is 13.2 Å². The summed E-state index contributed by atoms with van der Waals surface area (Å²) in [5.41, 5.74) is 1.49. The molecular formula is C19H20N2O4S2. The number of nitrogens with zero attached hydrogens (tertiary/aromatic N) is 2. The maximum Gasteiger partial charge on any atom is 0.263 e. The Morgan fingerprint density at radius 1 is 1.15 bits per heavy atom. The lowest BCUT2D eigenvalue weighted by atomic mass is 10.2. The second-order valence-electron chi connectivity index (χ2n) is 6.00. The predicted octanol–water partition coefficient (Wildman–Crippen LogP) is 2.68. The minimum Gasteiger partial charge on any atom is -0.492 e. The molecule has 6 nitrogen and oxygen atoms in total. The monoisotopic (exact) mass is 404 g/mol. The number of rotatable bonds is 6. The van der Waals surface area contributed by atoms with Crippen LogP contribution in [0, 0.1) is 0 Å². The van der Waals surface area contributed by atoms with Crippen molar-refractivity contribution in [1.82, 2.24) is 4.57 Å². The fourth-order valence-electron chi connectivity index (χ4n) is 2.75. The number of carbonyl (C=O) groups is 1. The summed E-state index contributed by atoms with van der Waals surface area (Å²) in [5, 5.41) is 0. The Bertz CT molecular complexity index is 1130. The van der Waals surface area contributed by atoms with Crippen molar-refractivity contribution in [2.45, 2.75) is 12.7 Å². The Labute approximate surface area is 161 Å². The van der Waals surface area contributed by atoms with E-state index in [2.05, 4.69) is 4.99 Å². The average molecular weight is 405 g/mol. The molecule has 27 heavy (non-hydrogen) atoms. The molecule has 3 rings (SSSR count). The summed E-state index contributed by atoms with van der Waals surface area (Å²) in [6, 6.07) is 14.4. The van der Waals surface area contributed by atoms with Crippen molar-refractivity contribution in [2.75, 3.05) is 12.4 Å². The standard InChI is InChI=1S/C19H20N2O4S2/c1-3-25-15-10-7-11-16-18(15)21(2)19(26-16)20-17(22)13-27(23,24)12-14-8-5-4-6-9-14/h4-11H,3,12-13H2,1-2H3. The lowest BCUT2D eigenvalue weighted by Crippen LogP contribution is -2.20. The number of para-hydroxylation sites is 1. The van der Waals surface area contributed by atoms with Crippen LogP contribution in [-0.2, 0) is 27.4 Å². The van der Waals surface area contributed by atoms with Crippen molar-refractivity contribution >= 4 is 37.3 Å². The number of aromatic nitrogens is 1. The number of sulfone groups is 1. The molecule has 3 aromatic rings. The largest absolute Gasteiger partial charge is 0.492 e. The normalized spacial score (nSPS) is 12.4. The van der Waals surface area contributed by atoms with Gasteiger partial charge in [0.1, 0.15) is 17.0 Å². The zero-order chi connectivity index (χ0) is 19.4. The van der Waals surface area contributed by atoms with Crippen LogP contribution in [0.1, 0.15) is 12.5 Å². The van der Waals surface area contributed by atoms with Crippen LogP contribution in [0.4, 0.5) is 0 Å². The molecule has 0 saturated heterocycles. The van der Waals surface area contributed by atoms with E-state index in [1.807, 2.05) is 31.2 Å². The highest BCUT2D eigenvalue weighted by molar-refractivity contribution is 7.91. The van der Waals surface area contributed by atoms with Crippen molar-refractivity contribution in [1.29, 1.82) is 0 Å². The minimum absolute atomic E-state index is 0.178. The third-order valence-corrected chi connectivity index (χ3v) is 6.44. The van der Waals surface area contributed by atoms with Crippen LogP contribution in [0.3, 0.4) is 0 Å². The van der Waals surface area contributed by atoms with Crippen molar-refractivity contribution in [3.63, 3.8) is 0 Å². The quantitative estimate of drug-likeness (QED) is 0.633. The van der Waals surface area contributed by atoms with Gasteiger partial charge in [0, 0.05) is 7.05 Å². The molecule has 0 fully saturated rings. The number of fused-ring (bicyclic) bond motifs is 1. The second kappa shape index (κ2) is 8.06. The van der Waals surface area contributed by atoms with E-state index in [4.69, 9.17) is 4.74 Å². The summed E-state index contributed by atoms with van der Waals surface area (Å²) in [6.07, 6.45) is 0. The summed E-state index contributed by atoms with van der Waals surface area (Å²) in [6.45, 7) is 2.43. The van der Waals surface area contributed by atoms with Gasteiger partial charge >= 0.3 is 0 Å². The first kappa shape index (κ1) is 19.3. The molecule has 0 atom stereocenters. The smallest absolute Gasteiger partial charge is 0.263 e. The Morgan fingerprint density at radius 2 is 1.89 bits per heavy atom. The second-order valence-corrected chi connectivity index (χ2v) is 9.08. The molecule has 0 N–H and O–H groups in total. The molecule has 0 aliphatic carbocycles. The number of benzene rings is 2. The Hall–Kier alpha value is -2.45. The van der Waals surface area contributed by atoms with Gasteiger partial charge in [-0.15, -0.1) is 0 Å². The van der Waals surface area contributed by atoms with Gasteiger partial charge in [-0.25, -0.2) is 8.42 Å². The molecule has 0 bridgehead atoms. The number of ether oxygens (including phenoxy) is 1. The molecule has 2 aromatic carbocycles. The SMILES string of the molecule is CCOc1cccc2sc(=NC(=O)CS(=O)(=O)Cc3ccccc3)n(C)c12. The Balaban J connectivity index is 1.87. The third-order valence-electron chi connectivity index (χ3n) is 3.88. The summed E-state index contributed by atoms with van der Waals surface area (Å²) >= 11 is 1.32. The van der Waals surface area contributed by atoms with E-state index in [1.165, 1.54) is 11.3 Å². The van der Waals surface area contributed by atoms with Gasteiger partial charge in [0.15, 0.2) is 14.6 Å². The van der Waals surface area contributed by atoms with Gasteiger partial charge in [-0.3, -0.25) is 4.79 Å². The topological polar surface area (TPSA) is 77.7 Å². The zero-order valence-electron chi connectivity index (χ0n) is 15.1. The molecule has 0 aliphatic heterocycles. The van der Waals surface area contributed by atoms with Gasteiger partial charge in [-0.2, -0.15) is 4.99 Å². The number of hydrogen-bond donors (Lipinski definition) is 0. The van der Waals surface area contributed by atoms with E-state index in [0.29, 0.717) is 22.7 Å². The van der Waals surface area contributed by atoms with Gasteiger partial charge in [-0.1, -0.05) is 47.7 Å². The molecule has 0 aliphatic rings. The van der Waals surface area contributed by atoms with E-state index < -0.39 is 21.5 Å². The highest BCUT2D eigenvalue weighted by Gasteiger charge is 2.18. The van der Waals surface area contributed by atoms with Crippen molar-refractivity contribution in [2.24, 2.45) is 12.0 Å². The average Bonchev–Trinajstić information content (AvgIpc) is 2.92. The number of carbonyl (C=O) groups excluding carboxylic acids is 1. The molecule has 1 amide bonds. The summed E-state index contributed by atoms with van der Waals surface area (Å²) < 4.78 is 32.9. The fourth-order valence-corrected chi connectivity index (χ4v) is 5.05. The number of aryl methyl sites for hydroxylation is 1. The first-order valence-electron chi connectivity index (χ1n) is 8.43. The van der Waals surface area contributed by atoms with Crippen molar-refractivity contribution < 1.29 is 17.9 Å². The molecule has 0 radical (unpaired) electrons. The van der Waals surface area contributed by atoms with Crippen molar-refractivity contribution in [3.05, 3.63) is 58.9 Å². The van der Waals surface area contributed by atoms with E-state index in [0.717, 1.165) is 10.2 Å². The van der Waals surface area contributed by atoms with Crippen LogP contribution < -0.4 is 9.54 Å². The van der Waals surface area contributed by atoms with E-state index in [1.54, 1.807) is 35.9 Å². The van der Waals surface area contributed by atoms with E-state index >= 15 is 0 Å². The molecule has 142 valence electrons. The van der Waals surface area contributed by atoms with E-state index in [-0.39, 0.29) is 5.75 Å². The van der Waals surface area contributed by atoms with Gasteiger partial charge < -0.3 is 9.30 Å². The van der Waals surface area contributed by atoms with Crippen LogP contribution in [-0.4, -0.2) is 31.3 Å². The van der Waals surface area contributed by atoms with Crippen LogP contribution in [0.2, 0.25) is 0 Å². The predicted molar refractivity (Wildman–Crippen MR) is 106 cm³/mol. The summed E-state index contributed by atoms with van der Waals surface area (Å²) in [4.78, 5) is 16.7.